The number of aliphatic carboxylic acids is 1. The third-order valence-electron chi connectivity index (χ3n) is 1.77. The van der Waals surface area contributed by atoms with E-state index in [1.807, 2.05) is 0 Å². The van der Waals surface area contributed by atoms with E-state index in [1.165, 1.54) is 13.2 Å². The molecule has 0 saturated heterocycles. The van der Waals surface area contributed by atoms with Crippen LogP contribution in [0.2, 0.25) is 0 Å². The Morgan fingerprint density at radius 3 is 2.50 bits per heavy atom. The predicted molar refractivity (Wildman–Crippen MR) is 52.9 cm³/mol. The van der Waals surface area contributed by atoms with Gasteiger partial charge in [-0.15, -0.1) is 0 Å². The number of hydrogen-bond acceptors (Lipinski definition) is 3. The summed E-state index contributed by atoms with van der Waals surface area (Å²) in [6.07, 6.45) is 4.98. The summed E-state index contributed by atoms with van der Waals surface area (Å²) >= 11 is 0. The molecule has 82 valence electrons. The van der Waals surface area contributed by atoms with Crippen LogP contribution in [0, 0.1) is 0 Å². The van der Waals surface area contributed by atoms with Crippen molar-refractivity contribution in [1.29, 1.82) is 0 Å². The van der Waals surface area contributed by atoms with Crippen molar-refractivity contribution >= 4 is 5.97 Å². The van der Waals surface area contributed by atoms with Crippen molar-refractivity contribution in [3.8, 4) is 0 Å². The second kappa shape index (κ2) is 8.56. The first-order valence-corrected chi connectivity index (χ1v) is 4.81. The Labute approximate surface area is 84.2 Å². The van der Waals surface area contributed by atoms with Crippen LogP contribution in [0.1, 0.15) is 32.6 Å². The van der Waals surface area contributed by atoms with E-state index in [2.05, 4.69) is 0 Å². The Balaban J connectivity index is 3.29. The lowest BCUT2D eigenvalue weighted by atomic mass is 10.2. The molecule has 0 fully saturated rings. The largest absolute Gasteiger partial charge is 0.501 e. The van der Waals surface area contributed by atoms with Crippen LogP contribution in [0.25, 0.3) is 0 Å². The van der Waals surface area contributed by atoms with E-state index in [0.717, 1.165) is 25.7 Å². The third kappa shape index (κ3) is 7.61. The number of carboxylic acids is 1. The normalized spacial score (nSPS) is 11.4. The highest BCUT2D eigenvalue weighted by atomic mass is 16.5. The number of hydrogen-bond donors (Lipinski definition) is 2. The lowest BCUT2D eigenvalue weighted by Gasteiger charge is -2.01. The van der Waals surface area contributed by atoms with Crippen LogP contribution in [-0.2, 0) is 9.53 Å². The van der Waals surface area contributed by atoms with Crippen LogP contribution in [0.3, 0.4) is 0 Å². The first-order chi connectivity index (χ1) is 6.68. The first-order valence-electron chi connectivity index (χ1n) is 4.81. The lowest BCUT2D eigenvalue weighted by Crippen LogP contribution is -1.98. The fourth-order valence-corrected chi connectivity index (χ4v) is 0.885. The van der Waals surface area contributed by atoms with Gasteiger partial charge in [-0.2, -0.15) is 0 Å². The van der Waals surface area contributed by atoms with Crippen molar-refractivity contribution in [2.45, 2.75) is 32.6 Å². The summed E-state index contributed by atoms with van der Waals surface area (Å²) in [5, 5.41) is 17.0. The Bertz CT molecular complexity index is 187. The van der Waals surface area contributed by atoms with Gasteiger partial charge >= 0.3 is 5.97 Å². The Kier molecular flexibility index (Phi) is 7.93. The highest BCUT2D eigenvalue weighted by molar-refractivity contribution is 5.85. The maximum atomic E-state index is 10.3. The molecule has 0 unspecified atom stereocenters. The summed E-state index contributed by atoms with van der Waals surface area (Å²) in [5.74, 6) is -0.953. The van der Waals surface area contributed by atoms with Crippen LogP contribution in [0.4, 0.5) is 0 Å². The summed E-state index contributed by atoms with van der Waals surface area (Å²) in [6, 6.07) is 0. The van der Waals surface area contributed by atoms with E-state index in [1.54, 1.807) is 0 Å². The number of ether oxygens (including phenoxy) is 1. The third-order valence-corrected chi connectivity index (χ3v) is 1.77. The minimum Gasteiger partial charge on any atom is -0.501 e. The molecule has 0 aliphatic heterocycles. The zero-order chi connectivity index (χ0) is 10.8. The molecule has 0 amide bonds. The van der Waals surface area contributed by atoms with Gasteiger partial charge in [0, 0.05) is 6.61 Å². The van der Waals surface area contributed by atoms with E-state index in [4.69, 9.17) is 14.9 Å². The molecule has 14 heavy (non-hydrogen) atoms. The zero-order valence-corrected chi connectivity index (χ0v) is 8.53. The van der Waals surface area contributed by atoms with Crippen LogP contribution in [0.5, 0.6) is 0 Å². The molecule has 0 aromatic rings. The van der Waals surface area contributed by atoms with Crippen LogP contribution in [-0.4, -0.2) is 29.4 Å². The van der Waals surface area contributed by atoms with E-state index in [9.17, 15) is 4.79 Å². The summed E-state index contributed by atoms with van der Waals surface area (Å²) in [5.41, 5.74) is 0.209. The van der Waals surface area contributed by atoms with Crippen molar-refractivity contribution in [3.05, 3.63) is 11.8 Å². The van der Waals surface area contributed by atoms with Gasteiger partial charge < -0.3 is 14.9 Å². The molecule has 0 atom stereocenters. The maximum absolute atomic E-state index is 10.3. The average molecular weight is 202 g/mol. The number of rotatable bonds is 8. The standard InChI is InChI=1S/C10H18O4/c1-9(10(12)13)8-14-7-5-3-2-4-6-11/h8,11H,2-7H2,1H3,(H,12,13). The Morgan fingerprint density at radius 2 is 1.93 bits per heavy atom. The topological polar surface area (TPSA) is 66.8 Å². The van der Waals surface area contributed by atoms with Crippen molar-refractivity contribution in [3.63, 3.8) is 0 Å². The quantitative estimate of drug-likeness (QED) is 0.356. The van der Waals surface area contributed by atoms with Gasteiger partial charge in [-0.05, 0) is 26.2 Å². The molecule has 0 aliphatic carbocycles. The van der Waals surface area contributed by atoms with E-state index >= 15 is 0 Å². The summed E-state index contributed by atoms with van der Waals surface area (Å²) in [7, 11) is 0. The van der Waals surface area contributed by atoms with Gasteiger partial charge in [0.05, 0.1) is 18.4 Å². The molecule has 0 aliphatic rings. The molecule has 0 saturated carbocycles. The molecule has 0 spiro atoms. The second-order valence-corrected chi connectivity index (χ2v) is 3.11. The van der Waals surface area contributed by atoms with Crippen molar-refractivity contribution in [2.24, 2.45) is 0 Å². The minimum absolute atomic E-state index is 0.209. The predicted octanol–water partition coefficient (Wildman–Crippen LogP) is 1.54. The van der Waals surface area contributed by atoms with Gasteiger partial charge in [0.1, 0.15) is 0 Å². The number of carboxylic acid groups (broad SMARTS) is 1. The van der Waals surface area contributed by atoms with E-state index in [-0.39, 0.29) is 12.2 Å². The van der Waals surface area contributed by atoms with Crippen molar-refractivity contribution < 1.29 is 19.7 Å². The molecule has 0 heterocycles. The van der Waals surface area contributed by atoms with E-state index in [0.29, 0.717) is 6.61 Å². The summed E-state index contributed by atoms with van der Waals surface area (Å²) < 4.78 is 5.03. The SMILES string of the molecule is CC(=COCCCCCCO)C(=O)O. The Hall–Kier alpha value is -1.03. The molecular formula is C10H18O4. The Morgan fingerprint density at radius 1 is 1.29 bits per heavy atom. The molecule has 4 heteroatoms. The maximum Gasteiger partial charge on any atom is 0.334 e. The number of aliphatic hydroxyl groups excluding tert-OH is 1. The fourth-order valence-electron chi connectivity index (χ4n) is 0.885. The zero-order valence-electron chi connectivity index (χ0n) is 8.53. The summed E-state index contributed by atoms with van der Waals surface area (Å²) in [4.78, 5) is 10.3. The van der Waals surface area contributed by atoms with Crippen molar-refractivity contribution in [2.75, 3.05) is 13.2 Å². The second-order valence-electron chi connectivity index (χ2n) is 3.11. The van der Waals surface area contributed by atoms with Crippen LogP contribution in [0.15, 0.2) is 11.8 Å². The molecular weight excluding hydrogens is 184 g/mol. The van der Waals surface area contributed by atoms with Crippen LogP contribution >= 0.6 is 0 Å². The van der Waals surface area contributed by atoms with Gasteiger partial charge in [0.25, 0.3) is 0 Å². The summed E-state index contributed by atoms with van der Waals surface area (Å²) in [6.45, 7) is 2.27. The van der Waals surface area contributed by atoms with Crippen molar-refractivity contribution in [1.82, 2.24) is 0 Å². The van der Waals surface area contributed by atoms with Gasteiger partial charge in [0.15, 0.2) is 0 Å². The average Bonchev–Trinajstić information content (AvgIpc) is 2.16. The van der Waals surface area contributed by atoms with E-state index < -0.39 is 5.97 Å². The number of carbonyl (C=O) groups is 1. The number of aliphatic hydroxyl groups is 1. The molecule has 4 nitrogen and oxygen atoms in total. The van der Waals surface area contributed by atoms with Gasteiger partial charge in [0.2, 0.25) is 0 Å². The van der Waals surface area contributed by atoms with Gasteiger partial charge in [-0.3, -0.25) is 0 Å². The molecule has 0 bridgehead atoms. The number of unbranched alkanes of at least 4 members (excludes halogenated alkanes) is 3. The molecule has 0 aromatic carbocycles. The molecule has 0 radical (unpaired) electrons. The molecule has 0 aromatic heterocycles. The highest BCUT2D eigenvalue weighted by Gasteiger charge is 1.98. The fraction of sp³-hybridized carbons (Fsp3) is 0.700. The molecule has 0 rings (SSSR count). The highest BCUT2D eigenvalue weighted by Crippen LogP contribution is 2.00. The first kappa shape index (κ1) is 13.0. The van der Waals surface area contributed by atoms with Gasteiger partial charge in [-0.1, -0.05) is 6.42 Å². The molecule has 2 N–H and O–H groups in total. The van der Waals surface area contributed by atoms with Crippen LogP contribution < -0.4 is 0 Å². The minimum atomic E-state index is -0.953. The van der Waals surface area contributed by atoms with Gasteiger partial charge in [-0.25, -0.2) is 4.79 Å². The lowest BCUT2D eigenvalue weighted by molar-refractivity contribution is -0.132. The smallest absolute Gasteiger partial charge is 0.334 e. The monoisotopic (exact) mass is 202 g/mol.